The normalized spacial score (nSPS) is 12.7. The Balaban J connectivity index is 1.71. The average molecular weight is 378 g/mol. The number of nitrogens with one attached hydrogen (secondary N) is 1. The Labute approximate surface area is 173 Å². The van der Waals surface area contributed by atoms with Crippen LogP contribution in [0.3, 0.4) is 0 Å². The minimum Gasteiger partial charge on any atom is -0.374 e. The summed E-state index contributed by atoms with van der Waals surface area (Å²) >= 11 is 0. The van der Waals surface area contributed by atoms with Crippen LogP contribution in [-0.2, 0) is 6.42 Å². The van der Waals surface area contributed by atoms with Gasteiger partial charge in [-0.15, -0.1) is 0 Å². The number of rotatable bonds is 7. The minimum atomic E-state index is 0.149. The molecule has 1 heteroatoms. The van der Waals surface area contributed by atoms with Crippen LogP contribution in [0.5, 0.6) is 0 Å². The third-order valence-electron chi connectivity index (χ3n) is 5.44. The molecule has 0 radical (unpaired) electrons. The van der Waals surface area contributed by atoms with Crippen LogP contribution in [0.2, 0.25) is 0 Å². The van der Waals surface area contributed by atoms with E-state index in [1.54, 1.807) is 0 Å². The molecule has 0 aliphatic carbocycles. The minimum absolute atomic E-state index is 0.149. The number of hydrogen-bond donors (Lipinski definition) is 1. The zero-order valence-corrected chi connectivity index (χ0v) is 16.9. The van der Waals surface area contributed by atoms with E-state index in [-0.39, 0.29) is 6.04 Å². The second-order valence-corrected chi connectivity index (χ2v) is 7.34. The monoisotopic (exact) mass is 377 g/mol. The highest BCUT2D eigenvalue weighted by molar-refractivity contribution is 5.94. The van der Waals surface area contributed by atoms with E-state index in [4.69, 9.17) is 0 Å². The van der Waals surface area contributed by atoms with E-state index < -0.39 is 0 Å². The molecular weight excluding hydrogens is 350 g/mol. The molecule has 0 spiro atoms. The maximum absolute atomic E-state index is 3.86. The average Bonchev–Trinajstić information content (AvgIpc) is 2.80. The van der Waals surface area contributed by atoms with E-state index in [0.717, 1.165) is 12.8 Å². The summed E-state index contributed by atoms with van der Waals surface area (Å²) in [6.07, 6.45) is 4.35. The summed E-state index contributed by atoms with van der Waals surface area (Å²) in [6.45, 7) is 2.25. The number of fused-ring (bicyclic) bond motifs is 1. The van der Waals surface area contributed by atoms with Crippen LogP contribution >= 0.6 is 0 Å². The number of anilines is 1. The second kappa shape index (κ2) is 9.25. The Morgan fingerprint density at radius 3 is 2.17 bits per heavy atom. The van der Waals surface area contributed by atoms with Gasteiger partial charge < -0.3 is 5.32 Å². The van der Waals surface area contributed by atoms with Crippen molar-refractivity contribution in [3.8, 4) is 0 Å². The van der Waals surface area contributed by atoms with Crippen molar-refractivity contribution >= 4 is 16.5 Å². The first kappa shape index (κ1) is 19.0. The van der Waals surface area contributed by atoms with Crippen LogP contribution < -0.4 is 5.32 Å². The fourth-order valence-electron chi connectivity index (χ4n) is 3.87. The van der Waals surface area contributed by atoms with E-state index in [1.807, 2.05) is 0 Å². The highest BCUT2D eigenvalue weighted by Gasteiger charge is 2.16. The van der Waals surface area contributed by atoms with Crippen LogP contribution in [-0.4, -0.2) is 0 Å². The summed E-state index contributed by atoms with van der Waals surface area (Å²) < 4.78 is 0. The molecule has 29 heavy (non-hydrogen) atoms. The summed E-state index contributed by atoms with van der Waals surface area (Å²) in [6, 6.07) is 36.6. The van der Waals surface area contributed by atoms with Crippen LogP contribution in [0.25, 0.3) is 10.8 Å². The number of hydrogen-bond acceptors (Lipinski definition) is 1. The molecule has 0 fully saturated rings. The van der Waals surface area contributed by atoms with E-state index >= 15 is 0 Å². The van der Waals surface area contributed by atoms with Crippen molar-refractivity contribution in [2.45, 2.75) is 25.8 Å². The van der Waals surface area contributed by atoms with Crippen molar-refractivity contribution in [3.05, 3.63) is 126 Å². The molecule has 0 amide bonds. The molecule has 0 bridgehead atoms. The number of benzene rings is 4. The molecule has 1 N–H and O–H groups in total. The lowest BCUT2D eigenvalue weighted by molar-refractivity contribution is 0.844. The zero-order chi connectivity index (χ0) is 19.9. The van der Waals surface area contributed by atoms with Gasteiger partial charge in [-0.05, 0) is 41.0 Å². The van der Waals surface area contributed by atoms with Crippen molar-refractivity contribution in [1.82, 2.24) is 0 Å². The Kier molecular flexibility index (Phi) is 6.07. The summed E-state index contributed by atoms with van der Waals surface area (Å²) in [5, 5.41) is 6.38. The van der Waals surface area contributed by atoms with Gasteiger partial charge in [-0.25, -0.2) is 0 Å². The van der Waals surface area contributed by atoms with Gasteiger partial charge in [-0.3, -0.25) is 0 Å². The molecule has 0 unspecified atom stereocenters. The van der Waals surface area contributed by atoms with Gasteiger partial charge in [-0.2, -0.15) is 0 Å². The van der Waals surface area contributed by atoms with Gasteiger partial charge in [0.05, 0.1) is 6.04 Å². The van der Waals surface area contributed by atoms with Gasteiger partial charge >= 0.3 is 0 Å². The fourth-order valence-corrected chi connectivity index (χ4v) is 3.87. The molecule has 1 nitrogen and oxygen atoms in total. The molecule has 144 valence electrons. The van der Waals surface area contributed by atoms with Gasteiger partial charge in [0, 0.05) is 11.1 Å². The third-order valence-corrected chi connectivity index (χ3v) is 5.44. The van der Waals surface area contributed by atoms with Crippen LogP contribution in [0.1, 0.15) is 30.5 Å². The summed E-state index contributed by atoms with van der Waals surface area (Å²) in [7, 11) is 0. The maximum atomic E-state index is 3.86. The van der Waals surface area contributed by atoms with Gasteiger partial charge in [-0.1, -0.05) is 110 Å². The first-order valence-corrected chi connectivity index (χ1v) is 10.4. The maximum Gasteiger partial charge on any atom is 0.0727 e. The lowest BCUT2D eigenvalue weighted by Gasteiger charge is -2.24. The standard InChI is InChI=1S/C28H27N/c1-2-23(21-20-22-12-5-3-6-13-22)28(25-15-7-4-8-16-25)29-27-19-11-17-24-14-9-10-18-26(24)27/h3-19,21,28-29H,2,20H2,1H3/b23-21+/t28-/m1/s1. The Morgan fingerprint density at radius 2 is 1.41 bits per heavy atom. The third kappa shape index (κ3) is 4.57. The lowest BCUT2D eigenvalue weighted by Crippen LogP contribution is -2.14. The lowest BCUT2D eigenvalue weighted by atomic mass is 9.94. The zero-order valence-electron chi connectivity index (χ0n) is 16.9. The molecule has 4 aromatic rings. The highest BCUT2D eigenvalue weighted by atomic mass is 14.9. The van der Waals surface area contributed by atoms with Crippen molar-refractivity contribution < 1.29 is 0 Å². The van der Waals surface area contributed by atoms with Crippen LogP contribution in [0.4, 0.5) is 5.69 Å². The van der Waals surface area contributed by atoms with Crippen molar-refractivity contribution in [2.75, 3.05) is 5.32 Å². The van der Waals surface area contributed by atoms with E-state index in [2.05, 4.69) is 121 Å². The molecular formula is C28H27N. The first-order chi connectivity index (χ1) is 14.3. The molecule has 0 aromatic heterocycles. The summed E-state index contributed by atoms with van der Waals surface area (Å²) in [4.78, 5) is 0. The molecule has 0 saturated carbocycles. The quantitative estimate of drug-likeness (QED) is 0.327. The Morgan fingerprint density at radius 1 is 0.759 bits per heavy atom. The van der Waals surface area contributed by atoms with Gasteiger partial charge in [0.25, 0.3) is 0 Å². The van der Waals surface area contributed by atoms with Gasteiger partial charge in [0.2, 0.25) is 0 Å². The predicted octanol–water partition coefficient (Wildman–Crippen LogP) is 7.57. The van der Waals surface area contributed by atoms with Gasteiger partial charge in [0.1, 0.15) is 0 Å². The summed E-state index contributed by atoms with van der Waals surface area (Å²) in [5.74, 6) is 0. The van der Waals surface area contributed by atoms with Crippen LogP contribution in [0.15, 0.2) is 115 Å². The molecule has 4 rings (SSSR count). The SMILES string of the molecule is CC/C(=C\Cc1ccccc1)[C@@H](Nc1cccc2ccccc12)c1ccccc1. The molecule has 0 heterocycles. The van der Waals surface area contributed by atoms with Crippen molar-refractivity contribution in [3.63, 3.8) is 0 Å². The first-order valence-electron chi connectivity index (χ1n) is 10.4. The molecule has 0 aliphatic rings. The topological polar surface area (TPSA) is 12.0 Å². The Bertz CT molecular complexity index is 1080. The molecule has 0 saturated heterocycles. The van der Waals surface area contributed by atoms with E-state index in [9.17, 15) is 0 Å². The molecule has 0 aliphatic heterocycles. The van der Waals surface area contributed by atoms with Gasteiger partial charge in [0.15, 0.2) is 0 Å². The van der Waals surface area contributed by atoms with Crippen LogP contribution in [0, 0.1) is 0 Å². The van der Waals surface area contributed by atoms with E-state index in [1.165, 1.54) is 33.2 Å². The highest BCUT2D eigenvalue weighted by Crippen LogP contribution is 2.32. The largest absolute Gasteiger partial charge is 0.374 e. The molecule has 1 atom stereocenters. The second-order valence-electron chi connectivity index (χ2n) is 7.34. The predicted molar refractivity (Wildman–Crippen MR) is 125 cm³/mol. The van der Waals surface area contributed by atoms with E-state index in [0.29, 0.717) is 0 Å². The Hall–Kier alpha value is -3.32. The smallest absolute Gasteiger partial charge is 0.0727 e. The molecule has 4 aromatic carbocycles. The number of allylic oxidation sites excluding steroid dienone is 1. The fraction of sp³-hybridized carbons (Fsp3) is 0.143. The summed E-state index contributed by atoms with van der Waals surface area (Å²) in [5.41, 5.74) is 5.22. The van der Waals surface area contributed by atoms with Crippen molar-refractivity contribution in [2.24, 2.45) is 0 Å². The van der Waals surface area contributed by atoms with Crippen molar-refractivity contribution in [1.29, 1.82) is 0 Å².